The number of pyridine rings is 1. The molecule has 6 rings (SSSR count). The first kappa shape index (κ1) is 20.9. The third-order valence-electron chi connectivity index (χ3n) is 7.10. The number of aromatic nitrogens is 5. The minimum Gasteiger partial charge on any atom is -0.383 e. The van der Waals surface area contributed by atoms with Crippen LogP contribution in [0.2, 0.25) is 0 Å². The van der Waals surface area contributed by atoms with Crippen molar-refractivity contribution in [1.29, 1.82) is 0 Å². The first-order valence-corrected chi connectivity index (χ1v) is 11.6. The number of aryl methyl sites for hydroxylation is 2. The number of carbonyl (C=O) groups is 1. The molecule has 3 aromatic heterocycles. The van der Waals surface area contributed by atoms with Crippen LogP contribution in [0.15, 0.2) is 36.8 Å². The lowest BCUT2D eigenvalue weighted by atomic mass is 9.92. The Hall–Kier alpha value is -3.72. The fraction of sp³-hybridized carbons (Fsp3) is 0.360. The number of amides is 1. The molecule has 2 aliphatic rings. The molecule has 0 radical (unpaired) electrons. The third-order valence-corrected chi connectivity index (χ3v) is 7.10. The van der Waals surface area contributed by atoms with Crippen LogP contribution in [0.25, 0.3) is 16.6 Å². The first-order valence-electron chi connectivity index (χ1n) is 11.6. The molecule has 2 N–H and O–H groups in total. The van der Waals surface area contributed by atoms with E-state index in [1.54, 1.807) is 10.9 Å². The van der Waals surface area contributed by atoms with Gasteiger partial charge in [0.1, 0.15) is 11.5 Å². The molecule has 9 nitrogen and oxygen atoms in total. The molecule has 1 aliphatic heterocycles. The molecule has 0 saturated heterocycles. The lowest BCUT2D eigenvalue weighted by Crippen LogP contribution is -2.33. The normalized spacial score (nSPS) is 19.3. The third kappa shape index (κ3) is 3.19. The quantitative estimate of drug-likeness (QED) is 0.505. The number of hydrogen-bond donors (Lipinski definition) is 1. The fourth-order valence-electron chi connectivity index (χ4n) is 5.30. The Morgan fingerprint density at radius 3 is 2.94 bits per heavy atom. The van der Waals surface area contributed by atoms with Gasteiger partial charge in [-0.1, -0.05) is 0 Å². The summed E-state index contributed by atoms with van der Waals surface area (Å²) in [6, 6.07) is 5.55. The fourth-order valence-corrected chi connectivity index (χ4v) is 5.30. The molecule has 2 unspecified atom stereocenters. The molecular weight excluding hydrogens is 430 g/mol. The van der Waals surface area contributed by atoms with E-state index < -0.39 is 0 Å². The van der Waals surface area contributed by atoms with Gasteiger partial charge in [0.25, 0.3) is 5.91 Å². The van der Waals surface area contributed by atoms with Crippen LogP contribution in [0.3, 0.4) is 0 Å². The van der Waals surface area contributed by atoms with Crippen molar-refractivity contribution in [2.75, 3.05) is 12.8 Å². The van der Waals surface area contributed by atoms with Crippen LogP contribution in [0.4, 0.5) is 5.82 Å². The second-order valence-electron chi connectivity index (χ2n) is 9.25. The van der Waals surface area contributed by atoms with E-state index in [1.807, 2.05) is 55.0 Å². The van der Waals surface area contributed by atoms with Crippen molar-refractivity contribution in [2.24, 2.45) is 7.05 Å². The van der Waals surface area contributed by atoms with Crippen molar-refractivity contribution < 1.29 is 9.53 Å². The first-order chi connectivity index (χ1) is 16.4. The Labute approximate surface area is 197 Å². The lowest BCUT2D eigenvalue weighted by molar-refractivity contribution is 0.0711. The van der Waals surface area contributed by atoms with Crippen LogP contribution in [0.1, 0.15) is 64.7 Å². The summed E-state index contributed by atoms with van der Waals surface area (Å²) in [5, 5.41) is 10.0. The van der Waals surface area contributed by atoms with E-state index in [-0.39, 0.29) is 18.1 Å². The second kappa shape index (κ2) is 7.66. The van der Waals surface area contributed by atoms with E-state index in [1.165, 1.54) is 5.56 Å². The maximum atomic E-state index is 13.6. The zero-order chi connectivity index (χ0) is 23.6. The van der Waals surface area contributed by atoms with E-state index in [9.17, 15) is 4.79 Å². The van der Waals surface area contributed by atoms with Crippen molar-refractivity contribution in [3.05, 3.63) is 64.7 Å². The highest BCUT2D eigenvalue weighted by Crippen LogP contribution is 2.39. The number of anilines is 1. The van der Waals surface area contributed by atoms with Crippen LogP contribution in [0, 0.1) is 0 Å². The maximum Gasteiger partial charge on any atom is 0.254 e. The van der Waals surface area contributed by atoms with Crippen LogP contribution in [0.5, 0.6) is 0 Å². The van der Waals surface area contributed by atoms with Crippen molar-refractivity contribution in [3.8, 4) is 5.69 Å². The summed E-state index contributed by atoms with van der Waals surface area (Å²) in [4.78, 5) is 20.0. The van der Waals surface area contributed by atoms with Crippen molar-refractivity contribution >= 4 is 22.6 Å². The number of nitrogen functional groups attached to an aromatic ring is 1. The molecular formula is C25H27N7O2. The maximum absolute atomic E-state index is 13.6. The number of benzene rings is 1. The average molecular weight is 458 g/mol. The standard InChI is InChI=1S/C25H27N7O2/c1-14-22-19(13-34-14)18-9-15(7-8-20(18)28-24(22)26)25(33)31(3)21-6-4-5-16-11-32(29-23(16)21)17-10-27-30(2)12-17/h7-12,14,21H,4-6,13H2,1-3H3,(H2,26,28). The summed E-state index contributed by atoms with van der Waals surface area (Å²) < 4.78 is 9.43. The zero-order valence-electron chi connectivity index (χ0n) is 19.5. The van der Waals surface area contributed by atoms with Gasteiger partial charge in [-0.15, -0.1) is 0 Å². The molecule has 1 aromatic carbocycles. The van der Waals surface area contributed by atoms with Gasteiger partial charge in [-0.25, -0.2) is 9.67 Å². The van der Waals surface area contributed by atoms with Crippen molar-refractivity contribution in [2.45, 2.75) is 44.9 Å². The molecule has 34 heavy (non-hydrogen) atoms. The average Bonchev–Trinajstić information content (AvgIpc) is 3.56. The van der Waals surface area contributed by atoms with Crippen LogP contribution < -0.4 is 5.73 Å². The van der Waals surface area contributed by atoms with Crippen LogP contribution in [-0.2, 0) is 24.8 Å². The van der Waals surface area contributed by atoms with Crippen LogP contribution >= 0.6 is 0 Å². The number of hydrogen-bond acceptors (Lipinski definition) is 6. The van der Waals surface area contributed by atoms with Crippen molar-refractivity contribution in [3.63, 3.8) is 0 Å². The highest BCUT2D eigenvalue weighted by atomic mass is 16.5. The molecule has 0 fully saturated rings. The number of ether oxygens (including phenoxy) is 1. The van der Waals surface area contributed by atoms with E-state index in [2.05, 4.69) is 16.3 Å². The minimum absolute atomic E-state index is 0.0341. The van der Waals surface area contributed by atoms with Gasteiger partial charge in [-0.2, -0.15) is 10.2 Å². The zero-order valence-corrected chi connectivity index (χ0v) is 19.5. The van der Waals surface area contributed by atoms with Gasteiger partial charge in [0.05, 0.1) is 42.4 Å². The number of nitrogens with zero attached hydrogens (tertiary/aromatic N) is 6. The molecule has 1 aliphatic carbocycles. The largest absolute Gasteiger partial charge is 0.383 e. The van der Waals surface area contributed by atoms with Gasteiger partial charge in [-0.05, 0) is 55.5 Å². The Morgan fingerprint density at radius 1 is 1.29 bits per heavy atom. The van der Waals surface area contributed by atoms with Gasteiger partial charge in [-0.3, -0.25) is 9.48 Å². The lowest BCUT2D eigenvalue weighted by Gasteiger charge is -2.30. The molecule has 9 heteroatoms. The molecule has 4 aromatic rings. The molecule has 0 bridgehead atoms. The predicted octanol–water partition coefficient (Wildman–Crippen LogP) is 3.48. The number of fused-ring (bicyclic) bond motifs is 4. The van der Waals surface area contributed by atoms with Gasteiger partial charge < -0.3 is 15.4 Å². The topological polar surface area (TPSA) is 104 Å². The highest BCUT2D eigenvalue weighted by Gasteiger charge is 2.31. The SMILES string of the molecule is CC1OCc2c1c(N)nc1ccc(C(=O)N(C)C3CCCc4cn(-c5cnn(C)c5)nc43)cc21. The van der Waals surface area contributed by atoms with Crippen molar-refractivity contribution in [1.82, 2.24) is 29.4 Å². The van der Waals surface area contributed by atoms with E-state index in [0.717, 1.165) is 52.7 Å². The summed E-state index contributed by atoms with van der Waals surface area (Å²) in [5.41, 5.74) is 12.6. The Morgan fingerprint density at radius 2 is 2.15 bits per heavy atom. The van der Waals surface area contributed by atoms with E-state index >= 15 is 0 Å². The molecule has 1 amide bonds. The highest BCUT2D eigenvalue weighted by molar-refractivity contribution is 5.99. The monoisotopic (exact) mass is 457 g/mol. The molecule has 2 atom stereocenters. The smallest absolute Gasteiger partial charge is 0.254 e. The van der Waals surface area contributed by atoms with E-state index in [4.69, 9.17) is 15.6 Å². The Bertz CT molecular complexity index is 1440. The Kier molecular flexibility index (Phi) is 4.70. The number of nitrogens with two attached hydrogens (primary N) is 1. The summed E-state index contributed by atoms with van der Waals surface area (Å²) in [6.45, 7) is 2.45. The van der Waals surface area contributed by atoms with Gasteiger partial charge in [0, 0.05) is 36.8 Å². The summed E-state index contributed by atoms with van der Waals surface area (Å²) in [7, 11) is 3.75. The van der Waals surface area contributed by atoms with Crippen LogP contribution in [-0.4, -0.2) is 42.4 Å². The number of rotatable bonds is 3. The van der Waals surface area contributed by atoms with Gasteiger partial charge in [0.15, 0.2) is 0 Å². The minimum atomic E-state index is -0.0930. The predicted molar refractivity (Wildman–Crippen MR) is 127 cm³/mol. The summed E-state index contributed by atoms with van der Waals surface area (Å²) in [6.07, 6.45) is 8.55. The second-order valence-corrected chi connectivity index (χ2v) is 9.25. The molecule has 4 heterocycles. The molecule has 174 valence electrons. The molecule has 0 saturated carbocycles. The summed E-state index contributed by atoms with van der Waals surface area (Å²) in [5.74, 6) is 0.468. The summed E-state index contributed by atoms with van der Waals surface area (Å²) >= 11 is 0. The van der Waals surface area contributed by atoms with Gasteiger partial charge in [0.2, 0.25) is 0 Å². The van der Waals surface area contributed by atoms with Gasteiger partial charge >= 0.3 is 0 Å². The van der Waals surface area contributed by atoms with E-state index in [0.29, 0.717) is 18.0 Å². The molecule has 0 spiro atoms. The number of carbonyl (C=O) groups excluding carboxylic acids is 1. The Balaban J connectivity index is 1.34.